The third-order valence-corrected chi connectivity index (χ3v) is 3.95. The van der Waals surface area contributed by atoms with Crippen LogP contribution in [0.25, 0.3) is 10.9 Å². The fourth-order valence-corrected chi connectivity index (χ4v) is 2.56. The first-order valence-corrected chi connectivity index (χ1v) is 7.65. The lowest BCUT2D eigenvalue weighted by Crippen LogP contribution is -2.49. The van der Waals surface area contributed by atoms with Crippen LogP contribution in [0.5, 0.6) is 0 Å². The molecule has 1 heterocycles. The van der Waals surface area contributed by atoms with E-state index in [-0.39, 0.29) is 11.4 Å². The number of aromatic amines is 1. The second-order valence-corrected chi connectivity index (χ2v) is 6.73. The van der Waals surface area contributed by atoms with E-state index >= 15 is 0 Å². The number of carbonyl (C=O) groups is 1. The average molecular weight is 313 g/mol. The van der Waals surface area contributed by atoms with Crippen molar-refractivity contribution in [2.24, 2.45) is 5.41 Å². The Bertz CT molecular complexity index is 722. The molecule has 0 saturated heterocycles. The predicted molar refractivity (Wildman–Crippen MR) is 89.8 cm³/mol. The van der Waals surface area contributed by atoms with Gasteiger partial charge in [-0.05, 0) is 17.0 Å². The van der Waals surface area contributed by atoms with Crippen molar-refractivity contribution in [2.45, 2.75) is 39.3 Å². The summed E-state index contributed by atoms with van der Waals surface area (Å²) in [5.74, 6) is -0.361. The Morgan fingerprint density at radius 1 is 1.39 bits per heavy atom. The lowest BCUT2D eigenvalue weighted by Gasteiger charge is -2.29. The molecular weight excluding hydrogens is 290 g/mol. The first-order valence-electron chi connectivity index (χ1n) is 7.65. The summed E-state index contributed by atoms with van der Waals surface area (Å²) < 4.78 is 4.91. The van der Waals surface area contributed by atoms with Crippen LogP contribution in [-0.4, -0.2) is 30.1 Å². The van der Waals surface area contributed by atoms with Crippen LogP contribution in [0.4, 0.5) is 0 Å². The number of nitrogens with one attached hydrogen (secondary N) is 2. The van der Waals surface area contributed by atoms with Crippen LogP contribution in [-0.2, 0) is 16.0 Å². The normalized spacial score (nSPS) is 14.2. The monoisotopic (exact) mass is 313 g/mol. The Kier molecular flexibility index (Phi) is 5.07. The first kappa shape index (κ1) is 17.0. The van der Waals surface area contributed by atoms with Crippen molar-refractivity contribution in [2.75, 3.05) is 7.11 Å². The van der Waals surface area contributed by atoms with Gasteiger partial charge in [-0.3, -0.25) is 10.1 Å². The van der Waals surface area contributed by atoms with E-state index in [9.17, 15) is 10.1 Å². The van der Waals surface area contributed by atoms with Crippen molar-refractivity contribution in [1.29, 1.82) is 5.26 Å². The second kappa shape index (κ2) is 6.84. The molecule has 0 unspecified atom stereocenters. The molecule has 122 valence electrons. The number of rotatable bonds is 5. The molecule has 2 rings (SSSR count). The topological polar surface area (TPSA) is 77.9 Å². The van der Waals surface area contributed by atoms with Gasteiger partial charge < -0.3 is 9.72 Å². The van der Waals surface area contributed by atoms with E-state index in [1.165, 1.54) is 7.11 Å². The number of carbonyl (C=O) groups excluding carboxylic acids is 1. The standard InChI is InChI=1S/C18H23N3O2/c1-18(2,3)16(10-19)21-15(17(22)23-4)9-12-11-20-14-8-6-5-7-13(12)14/h5-8,11,15-16,20-21H,9H2,1-4H3/t15-,16+/m0/s1. The van der Waals surface area contributed by atoms with Crippen molar-refractivity contribution < 1.29 is 9.53 Å². The van der Waals surface area contributed by atoms with E-state index < -0.39 is 12.1 Å². The Labute approximate surface area is 136 Å². The third kappa shape index (κ3) is 3.91. The molecule has 0 spiro atoms. The van der Waals surface area contributed by atoms with Gasteiger partial charge in [-0.2, -0.15) is 5.26 Å². The van der Waals surface area contributed by atoms with E-state index in [1.807, 2.05) is 51.2 Å². The van der Waals surface area contributed by atoms with Gasteiger partial charge in [0.2, 0.25) is 0 Å². The van der Waals surface area contributed by atoms with E-state index in [0.29, 0.717) is 6.42 Å². The molecule has 1 aromatic carbocycles. The highest BCUT2D eigenvalue weighted by molar-refractivity contribution is 5.84. The second-order valence-electron chi connectivity index (χ2n) is 6.73. The van der Waals surface area contributed by atoms with E-state index in [0.717, 1.165) is 16.5 Å². The summed E-state index contributed by atoms with van der Waals surface area (Å²) in [6, 6.07) is 9.16. The number of ether oxygens (including phenoxy) is 1. The van der Waals surface area contributed by atoms with E-state index in [1.54, 1.807) is 0 Å². The van der Waals surface area contributed by atoms with Gasteiger partial charge >= 0.3 is 5.97 Å². The molecule has 0 aliphatic heterocycles. The number of nitriles is 1. The molecule has 0 radical (unpaired) electrons. The van der Waals surface area contributed by atoms with Crippen LogP contribution in [0.15, 0.2) is 30.5 Å². The van der Waals surface area contributed by atoms with Crippen LogP contribution in [0.1, 0.15) is 26.3 Å². The summed E-state index contributed by atoms with van der Waals surface area (Å²) in [7, 11) is 1.37. The number of para-hydroxylation sites is 1. The molecule has 0 saturated carbocycles. The quantitative estimate of drug-likeness (QED) is 0.832. The number of methoxy groups -OCH3 is 1. The number of hydrogen-bond donors (Lipinski definition) is 2. The summed E-state index contributed by atoms with van der Waals surface area (Å²) in [6.45, 7) is 5.90. The third-order valence-electron chi connectivity index (χ3n) is 3.95. The van der Waals surface area contributed by atoms with Gasteiger partial charge in [0.25, 0.3) is 0 Å². The molecule has 0 amide bonds. The van der Waals surface area contributed by atoms with Gasteiger partial charge in [0.05, 0.1) is 13.2 Å². The number of H-pyrrole nitrogens is 1. The SMILES string of the molecule is COC(=O)[C@H](Cc1c[nH]c2ccccc12)N[C@H](C#N)C(C)(C)C. The van der Waals surface area contributed by atoms with Gasteiger partial charge in [0, 0.05) is 23.5 Å². The summed E-state index contributed by atoms with van der Waals surface area (Å²) in [5, 5.41) is 13.6. The maximum Gasteiger partial charge on any atom is 0.323 e. The Morgan fingerprint density at radius 3 is 2.70 bits per heavy atom. The summed E-state index contributed by atoms with van der Waals surface area (Å²) in [4.78, 5) is 15.4. The molecule has 0 aliphatic rings. The molecule has 5 nitrogen and oxygen atoms in total. The van der Waals surface area contributed by atoms with Gasteiger partial charge in [-0.25, -0.2) is 0 Å². The zero-order valence-corrected chi connectivity index (χ0v) is 14.0. The highest BCUT2D eigenvalue weighted by atomic mass is 16.5. The number of hydrogen-bond acceptors (Lipinski definition) is 4. The molecule has 0 aliphatic carbocycles. The van der Waals surface area contributed by atoms with Gasteiger partial charge in [0.15, 0.2) is 0 Å². The summed E-state index contributed by atoms with van der Waals surface area (Å²) >= 11 is 0. The lowest BCUT2D eigenvalue weighted by molar-refractivity contribution is -0.143. The van der Waals surface area contributed by atoms with Crippen molar-refractivity contribution >= 4 is 16.9 Å². The first-order chi connectivity index (χ1) is 10.9. The van der Waals surface area contributed by atoms with Crippen LogP contribution < -0.4 is 5.32 Å². The van der Waals surface area contributed by atoms with Crippen molar-refractivity contribution in [3.8, 4) is 6.07 Å². The minimum Gasteiger partial charge on any atom is -0.468 e. The molecule has 1 aromatic heterocycles. The molecule has 2 atom stereocenters. The molecule has 0 bridgehead atoms. The molecular formula is C18H23N3O2. The van der Waals surface area contributed by atoms with E-state index in [4.69, 9.17) is 4.74 Å². The van der Waals surface area contributed by atoms with Crippen LogP contribution >= 0.6 is 0 Å². The molecule has 23 heavy (non-hydrogen) atoms. The van der Waals surface area contributed by atoms with Crippen LogP contribution in [0.3, 0.4) is 0 Å². The van der Waals surface area contributed by atoms with Crippen LogP contribution in [0, 0.1) is 16.7 Å². The van der Waals surface area contributed by atoms with Crippen molar-refractivity contribution in [1.82, 2.24) is 10.3 Å². The highest BCUT2D eigenvalue weighted by Crippen LogP contribution is 2.22. The van der Waals surface area contributed by atoms with Crippen molar-refractivity contribution in [3.63, 3.8) is 0 Å². The number of aromatic nitrogens is 1. The van der Waals surface area contributed by atoms with Crippen LogP contribution in [0.2, 0.25) is 0 Å². The van der Waals surface area contributed by atoms with E-state index in [2.05, 4.69) is 16.4 Å². The fourth-order valence-electron chi connectivity index (χ4n) is 2.56. The largest absolute Gasteiger partial charge is 0.468 e. The summed E-state index contributed by atoms with van der Waals surface area (Å²) in [6.07, 6.45) is 2.37. The predicted octanol–water partition coefficient (Wildman–Crippen LogP) is 2.78. The minimum absolute atomic E-state index is 0.277. The Morgan fingerprint density at radius 2 is 2.09 bits per heavy atom. The molecule has 5 heteroatoms. The van der Waals surface area contributed by atoms with Gasteiger partial charge in [-0.15, -0.1) is 0 Å². The Balaban J connectivity index is 2.26. The number of nitrogens with zero attached hydrogens (tertiary/aromatic N) is 1. The maximum absolute atomic E-state index is 12.1. The molecule has 0 fully saturated rings. The fraction of sp³-hybridized carbons (Fsp3) is 0.444. The zero-order valence-electron chi connectivity index (χ0n) is 14.0. The number of benzene rings is 1. The number of fused-ring (bicyclic) bond motifs is 1. The zero-order chi connectivity index (χ0) is 17.0. The van der Waals surface area contributed by atoms with Gasteiger partial charge in [0.1, 0.15) is 12.1 Å². The average Bonchev–Trinajstić information content (AvgIpc) is 2.92. The maximum atomic E-state index is 12.1. The van der Waals surface area contributed by atoms with Crippen molar-refractivity contribution in [3.05, 3.63) is 36.0 Å². The molecule has 2 aromatic rings. The number of esters is 1. The Hall–Kier alpha value is -2.32. The minimum atomic E-state index is -0.567. The lowest BCUT2D eigenvalue weighted by atomic mass is 9.87. The highest BCUT2D eigenvalue weighted by Gasteiger charge is 2.30. The molecule has 2 N–H and O–H groups in total. The summed E-state index contributed by atoms with van der Waals surface area (Å²) in [5.41, 5.74) is 1.77. The van der Waals surface area contributed by atoms with Gasteiger partial charge in [-0.1, -0.05) is 39.0 Å². The smallest absolute Gasteiger partial charge is 0.323 e.